The van der Waals surface area contributed by atoms with Gasteiger partial charge in [-0.2, -0.15) is 0 Å². The van der Waals surface area contributed by atoms with Gasteiger partial charge in [0.25, 0.3) is 5.91 Å². The van der Waals surface area contributed by atoms with Gasteiger partial charge in [-0.1, -0.05) is 18.5 Å². The third-order valence-electron chi connectivity index (χ3n) is 2.00. The minimum Gasteiger partial charge on any atom is -0.356 e. The second-order valence-electron chi connectivity index (χ2n) is 3.05. The molecule has 1 heterocycles. The van der Waals surface area contributed by atoms with E-state index in [0.29, 0.717) is 17.3 Å². The number of H-pyrrole nitrogens is 1. The summed E-state index contributed by atoms with van der Waals surface area (Å²) in [6.07, 6.45) is 2.39. The summed E-state index contributed by atoms with van der Waals surface area (Å²) in [6.45, 7) is 2.41. The third kappa shape index (κ3) is 2.75. The first-order valence-corrected chi connectivity index (χ1v) is 4.90. The van der Waals surface area contributed by atoms with Gasteiger partial charge in [0.1, 0.15) is 5.69 Å². The van der Waals surface area contributed by atoms with E-state index in [9.17, 15) is 4.79 Å². The molecule has 14 heavy (non-hydrogen) atoms. The maximum Gasteiger partial charge on any atom is 0.268 e. The Balaban J connectivity index is 2.58. The Bertz CT molecular complexity index is 307. The van der Waals surface area contributed by atoms with Crippen LogP contribution >= 0.6 is 11.6 Å². The highest BCUT2D eigenvalue weighted by atomic mass is 35.5. The molecule has 78 valence electrons. The number of halogens is 1. The molecule has 1 rings (SSSR count). The average molecular weight is 216 g/mol. The summed E-state index contributed by atoms with van der Waals surface area (Å²) < 4.78 is 0. The predicted molar refractivity (Wildman–Crippen MR) is 56.4 cm³/mol. The molecule has 5 heteroatoms. The molecule has 0 aliphatic carbocycles. The lowest BCUT2D eigenvalue weighted by atomic mass is 10.2. The normalized spacial score (nSPS) is 12.5. The van der Waals surface area contributed by atoms with Crippen LogP contribution in [0.1, 0.15) is 23.8 Å². The van der Waals surface area contributed by atoms with Gasteiger partial charge in [-0.15, -0.1) is 0 Å². The Kier molecular flexibility index (Phi) is 3.98. The summed E-state index contributed by atoms with van der Waals surface area (Å²) in [4.78, 5) is 14.3. The number of amides is 1. The molecule has 4 nitrogen and oxygen atoms in total. The Morgan fingerprint density at radius 2 is 2.50 bits per heavy atom. The highest BCUT2D eigenvalue weighted by molar-refractivity contribution is 6.30. The van der Waals surface area contributed by atoms with Gasteiger partial charge in [-0.05, 0) is 12.5 Å². The molecule has 0 saturated carbocycles. The molecule has 4 N–H and O–H groups in total. The predicted octanol–water partition coefficient (Wildman–Crippen LogP) is 1.14. The van der Waals surface area contributed by atoms with Crippen molar-refractivity contribution in [2.24, 2.45) is 5.73 Å². The van der Waals surface area contributed by atoms with Gasteiger partial charge in [-0.3, -0.25) is 4.79 Å². The van der Waals surface area contributed by atoms with Gasteiger partial charge in [-0.25, -0.2) is 0 Å². The number of rotatable bonds is 4. The van der Waals surface area contributed by atoms with E-state index >= 15 is 0 Å². The summed E-state index contributed by atoms with van der Waals surface area (Å²) in [5.74, 6) is -0.172. The molecule has 1 unspecified atom stereocenters. The van der Waals surface area contributed by atoms with E-state index in [4.69, 9.17) is 17.3 Å². The second kappa shape index (κ2) is 5.02. The minimum absolute atomic E-state index is 0.0181. The number of hydrogen-bond donors (Lipinski definition) is 3. The van der Waals surface area contributed by atoms with E-state index in [1.54, 1.807) is 12.3 Å². The van der Waals surface area contributed by atoms with Crippen LogP contribution < -0.4 is 11.1 Å². The van der Waals surface area contributed by atoms with Crippen LogP contribution in [0.5, 0.6) is 0 Å². The lowest BCUT2D eigenvalue weighted by Crippen LogP contribution is -2.39. The average Bonchev–Trinajstić information content (AvgIpc) is 2.61. The fourth-order valence-corrected chi connectivity index (χ4v) is 1.25. The zero-order chi connectivity index (χ0) is 10.6. The number of nitrogens with one attached hydrogen (secondary N) is 2. The Morgan fingerprint density at radius 3 is 2.93 bits per heavy atom. The van der Waals surface area contributed by atoms with Crippen molar-refractivity contribution in [3.05, 3.63) is 23.0 Å². The fourth-order valence-electron chi connectivity index (χ4n) is 1.09. The standard InChI is InChI=1S/C9H14ClN3O/c1-2-7(4-11)13-9(14)8-3-6(10)5-12-8/h3,5,7,12H,2,4,11H2,1H3,(H,13,14). The minimum atomic E-state index is -0.172. The third-order valence-corrected chi connectivity index (χ3v) is 2.22. The lowest BCUT2D eigenvalue weighted by Gasteiger charge is -2.13. The van der Waals surface area contributed by atoms with E-state index in [-0.39, 0.29) is 11.9 Å². The summed E-state index contributed by atoms with van der Waals surface area (Å²) >= 11 is 5.67. The molecule has 0 saturated heterocycles. The molecule has 1 atom stereocenters. The van der Waals surface area contributed by atoms with Gasteiger partial charge in [0.2, 0.25) is 0 Å². The molecule has 0 aliphatic rings. The van der Waals surface area contributed by atoms with Crippen LogP contribution in [0.4, 0.5) is 0 Å². The summed E-state index contributed by atoms with van der Waals surface area (Å²) in [5.41, 5.74) is 5.92. The smallest absolute Gasteiger partial charge is 0.268 e. The monoisotopic (exact) mass is 215 g/mol. The first-order valence-electron chi connectivity index (χ1n) is 4.52. The van der Waals surface area contributed by atoms with Gasteiger partial charge in [0, 0.05) is 18.8 Å². The van der Waals surface area contributed by atoms with Gasteiger partial charge in [0.05, 0.1) is 5.02 Å². The molecule has 0 aromatic carbocycles. The van der Waals surface area contributed by atoms with E-state index in [2.05, 4.69) is 10.3 Å². The molecule has 0 radical (unpaired) electrons. The Hall–Kier alpha value is -1.00. The van der Waals surface area contributed by atoms with Crippen molar-refractivity contribution in [3.8, 4) is 0 Å². The van der Waals surface area contributed by atoms with Crippen molar-refractivity contribution in [2.45, 2.75) is 19.4 Å². The van der Waals surface area contributed by atoms with Crippen molar-refractivity contribution < 1.29 is 4.79 Å². The zero-order valence-corrected chi connectivity index (χ0v) is 8.77. The van der Waals surface area contributed by atoms with E-state index in [0.717, 1.165) is 6.42 Å². The van der Waals surface area contributed by atoms with Gasteiger partial charge >= 0.3 is 0 Å². The molecule has 0 fully saturated rings. The van der Waals surface area contributed by atoms with Crippen LogP contribution in [-0.2, 0) is 0 Å². The van der Waals surface area contributed by atoms with Crippen LogP contribution in [0.25, 0.3) is 0 Å². The Labute approximate surface area is 87.8 Å². The van der Waals surface area contributed by atoms with Crippen molar-refractivity contribution in [3.63, 3.8) is 0 Å². The maximum absolute atomic E-state index is 11.5. The van der Waals surface area contributed by atoms with Crippen molar-refractivity contribution in [1.82, 2.24) is 10.3 Å². The van der Waals surface area contributed by atoms with Crippen molar-refractivity contribution in [1.29, 1.82) is 0 Å². The molecular formula is C9H14ClN3O. The fraction of sp³-hybridized carbons (Fsp3) is 0.444. The van der Waals surface area contributed by atoms with E-state index in [1.807, 2.05) is 6.92 Å². The number of aromatic nitrogens is 1. The largest absolute Gasteiger partial charge is 0.356 e. The van der Waals surface area contributed by atoms with Gasteiger partial charge < -0.3 is 16.0 Å². The van der Waals surface area contributed by atoms with Crippen LogP contribution in [0.2, 0.25) is 5.02 Å². The summed E-state index contributed by atoms with van der Waals surface area (Å²) in [7, 11) is 0. The van der Waals surface area contributed by atoms with Crippen LogP contribution in [0.3, 0.4) is 0 Å². The lowest BCUT2D eigenvalue weighted by molar-refractivity contribution is 0.0933. The highest BCUT2D eigenvalue weighted by Crippen LogP contribution is 2.09. The summed E-state index contributed by atoms with van der Waals surface area (Å²) in [6, 6.07) is 1.60. The molecule has 0 aliphatic heterocycles. The van der Waals surface area contributed by atoms with Gasteiger partial charge in [0.15, 0.2) is 0 Å². The SMILES string of the molecule is CCC(CN)NC(=O)c1cc(Cl)c[nH]1. The summed E-state index contributed by atoms with van der Waals surface area (Å²) in [5, 5.41) is 3.32. The van der Waals surface area contributed by atoms with Crippen LogP contribution in [-0.4, -0.2) is 23.5 Å². The van der Waals surface area contributed by atoms with Crippen molar-refractivity contribution >= 4 is 17.5 Å². The molecular weight excluding hydrogens is 202 g/mol. The molecule has 1 aromatic rings. The van der Waals surface area contributed by atoms with Crippen LogP contribution in [0.15, 0.2) is 12.3 Å². The molecule has 0 spiro atoms. The highest BCUT2D eigenvalue weighted by Gasteiger charge is 2.11. The molecule has 1 amide bonds. The molecule has 1 aromatic heterocycles. The Morgan fingerprint density at radius 1 is 1.79 bits per heavy atom. The number of carbonyl (C=O) groups excluding carboxylic acids is 1. The quantitative estimate of drug-likeness (QED) is 0.705. The zero-order valence-electron chi connectivity index (χ0n) is 8.01. The molecule has 0 bridgehead atoms. The van der Waals surface area contributed by atoms with E-state index < -0.39 is 0 Å². The first kappa shape index (κ1) is 11.1. The second-order valence-corrected chi connectivity index (χ2v) is 3.48. The number of nitrogens with two attached hydrogens (primary N) is 1. The number of aromatic amines is 1. The topological polar surface area (TPSA) is 70.9 Å². The maximum atomic E-state index is 11.5. The van der Waals surface area contributed by atoms with Crippen LogP contribution in [0, 0.1) is 0 Å². The van der Waals surface area contributed by atoms with E-state index in [1.165, 1.54) is 0 Å². The number of carbonyl (C=O) groups is 1. The first-order chi connectivity index (χ1) is 6.67. The van der Waals surface area contributed by atoms with Crippen molar-refractivity contribution in [2.75, 3.05) is 6.54 Å². The number of hydrogen-bond acceptors (Lipinski definition) is 2.